The molecule has 0 aliphatic heterocycles. The van der Waals surface area contributed by atoms with Gasteiger partial charge in [0.15, 0.2) is 6.61 Å². The first-order chi connectivity index (χ1) is 10.6. The van der Waals surface area contributed by atoms with E-state index >= 15 is 0 Å². The molecule has 0 bridgehead atoms. The molecule has 0 heterocycles. The second kappa shape index (κ2) is 7.82. The summed E-state index contributed by atoms with van der Waals surface area (Å²) < 4.78 is 5.32. The van der Waals surface area contributed by atoms with Crippen LogP contribution in [0.25, 0.3) is 0 Å². The molecule has 2 aromatic rings. The van der Waals surface area contributed by atoms with Crippen LogP contribution >= 0.6 is 23.2 Å². The average Bonchev–Trinajstić information content (AvgIpc) is 2.52. The third-order valence-corrected chi connectivity index (χ3v) is 3.45. The van der Waals surface area contributed by atoms with E-state index in [9.17, 15) is 4.79 Å². The predicted molar refractivity (Wildman–Crippen MR) is 88.8 cm³/mol. The molecule has 1 amide bonds. The zero-order valence-electron chi connectivity index (χ0n) is 11.8. The largest absolute Gasteiger partial charge is 0.482 e. The number of hydrazone groups is 1. The molecule has 22 heavy (non-hydrogen) atoms. The van der Waals surface area contributed by atoms with Gasteiger partial charge in [-0.1, -0.05) is 53.5 Å². The average molecular weight is 337 g/mol. The summed E-state index contributed by atoms with van der Waals surface area (Å²) in [6.45, 7) is 1.58. The van der Waals surface area contributed by atoms with Crippen LogP contribution in [0.15, 0.2) is 53.6 Å². The minimum Gasteiger partial charge on any atom is -0.482 e. The fourth-order valence-corrected chi connectivity index (χ4v) is 2.16. The van der Waals surface area contributed by atoms with Crippen LogP contribution in [0.3, 0.4) is 0 Å². The topological polar surface area (TPSA) is 50.7 Å². The molecule has 0 spiro atoms. The van der Waals surface area contributed by atoms with Gasteiger partial charge >= 0.3 is 0 Å². The van der Waals surface area contributed by atoms with Crippen LogP contribution in [0.2, 0.25) is 10.0 Å². The molecule has 4 nitrogen and oxygen atoms in total. The lowest BCUT2D eigenvalue weighted by atomic mass is 10.1. The lowest BCUT2D eigenvalue weighted by Crippen LogP contribution is -2.25. The number of halogens is 2. The van der Waals surface area contributed by atoms with Crippen molar-refractivity contribution in [2.45, 2.75) is 6.92 Å². The Morgan fingerprint density at radius 3 is 2.41 bits per heavy atom. The van der Waals surface area contributed by atoms with Gasteiger partial charge in [0, 0.05) is 10.6 Å². The van der Waals surface area contributed by atoms with Crippen molar-refractivity contribution < 1.29 is 9.53 Å². The fraction of sp³-hybridized carbons (Fsp3) is 0.125. The monoisotopic (exact) mass is 336 g/mol. The zero-order valence-corrected chi connectivity index (χ0v) is 13.4. The van der Waals surface area contributed by atoms with Gasteiger partial charge in [0.25, 0.3) is 5.91 Å². The van der Waals surface area contributed by atoms with Crippen LogP contribution in [0.1, 0.15) is 12.5 Å². The lowest BCUT2D eigenvalue weighted by molar-refractivity contribution is -0.123. The lowest BCUT2D eigenvalue weighted by Gasteiger charge is -2.07. The molecule has 0 saturated heterocycles. The van der Waals surface area contributed by atoms with Gasteiger partial charge < -0.3 is 4.74 Å². The maximum Gasteiger partial charge on any atom is 0.277 e. The van der Waals surface area contributed by atoms with E-state index in [1.807, 2.05) is 18.2 Å². The van der Waals surface area contributed by atoms with Crippen molar-refractivity contribution in [3.63, 3.8) is 0 Å². The van der Waals surface area contributed by atoms with Crippen LogP contribution in [0.5, 0.6) is 5.75 Å². The van der Waals surface area contributed by atoms with Gasteiger partial charge in [-0.15, -0.1) is 0 Å². The molecule has 0 radical (unpaired) electrons. The molecule has 6 heteroatoms. The molecule has 2 aromatic carbocycles. The highest BCUT2D eigenvalue weighted by molar-refractivity contribution is 6.34. The first-order valence-corrected chi connectivity index (χ1v) is 7.29. The van der Waals surface area contributed by atoms with Crippen LogP contribution in [-0.2, 0) is 4.79 Å². The van der Waals surface area contributed by atoms with Gasteiger partial charge in [-0.2, -0.15) is 5.10 Å². The molecular weight excluding hydrogens is 323 g/mol. The standard InChI is InChI=1S/C16H14Cl2N2O2/c1-11(12-6-2-3-7-13(12)17)19-20-16(21)10-22-15-9-5-4-8-14(15)18/h2-9H,10H2,1H3,(H,20,21)/b19-11+. The molecule has 2 rings (SSSR count). The van der Waals surface area contributed by atoms with E-state index < -0.39 is 0 Å². The van der Waals surface area contributed by atoms with E-state index in [0.717, 1.165) is 5.56 Å². The Morgan fingerprint density at radius 2 is 1.73 bits per heavy atom. The van der Waals surface area contributed by atoms with Crippen LogP contribution in [0.4, 0.5) is 0 Å². The van der Waals surface area contributed by atoms with Gasteiger partial charge in [-0.3, -0.25) is 4.79 Å². The Balaban J connectivity index is 1.91. The highest BCUT2D eigenvalue weighted by Gasteiger charge is 2.06. The van der Waals surface area contributed by atoms with Gasteiger partial charge in [0.2, 0.25) is 0 Å². The van der Waals surface area contributed by atoms with Crippen molar-refractivity contribution >= 4 is 34.8 Å². The van der Waals surface area contributed by atoms with Crippen molar-refractivity contribution in [3.8, 4) is 5.75 Å². The number of amides is 1. The highest BCUT2D eigenvalue weighted by atomic mass is 35.5. The van der Waals surface area contributed by atoms with Crippen molar-refractivity contribution in [2.75, 3.05) is 6.61 Å². The number of hydrogen-bond acceptors (Lipinski definition) is 3. The third kappa shape index (κ3) is 4.48. The molecule has 0 unspecified atom stereocenters. The summed E-state index contributed by atoms with van der Waals surface area (Å²) in [6.07, 6.45) is 0. The molecule has 0 saturated carbocycles. The molecule has 114 valence electrons. The minimum atomic E-state index is -0.383. The zero-order chi connectivity index (χ0) is 15.9. The second-order valence-electron chi connectivity index (χ2n) is 4.43. The summed E-state index contributed by atoms with van der Waals surface area (Å²) in [4.78, 5) is 11.7. The summed E-state index contributed by atoms with van der Waals surface area (Å²) in [7, 11) is 0. The summed E-state index contributed by atoms with van der Waals surface area (Å²) in [6, 6.07) is 14.2. The smallest absolute Gasteiger partial charge is 0.277 e. The molecule has 0 aromatic heterocycles. The van der Waals surface area contributed by atoms with E-state index in [0.29, 0.717) is 21.5 Å². The quantitative estimate of drug-likeness (QED) is 0.664. The maximum atomic E-state index is 11.7. The van der Waals surface area contributed by atoms with E-state index in [4.69, 9.17) is 27.9 Å². The summed E-state index contributed by atoms with van der Waals surface area (Å²) in [5, 5.41) is 5.03. The first-order valence-electron chi connectivity index (χ1n) is 6.53. The van der Waals surface area contributed by atoms with E-state index in [1.54, 1.807) is 37.3 Å². The Morgan fingerprint density at radius 1 is 1.09 bits per heavy atom. The van der Waals surface area contributed by atoms with Gasteiger partial charge in [0.1, 0.15) is 5.75 Å². The van der Waals surface area contributed by atoms with Gasteiger partial charge in [-0.05, 0) is 25.1 Å². The van der Waals surface area contributed by atoms with Crippen LogP contribution in [-0.4, -0.2) is 18.2 Å². The van der Waals surface area contributed by atoms with E-state index in [-0.39, 0.29) is 12.5 Å². The van der Waals surface area contributed by atoms with Crippen molar-refractivity contribution in [1.29, 1.82) is 0 Å². The molecule has 0 atom stereocenters. The first kappa shape index (κ1) is 16.3. The number of carbonyl (C=O) groups is 1. The molecular formula is C16H14Cl2N2O2. The Bertz CT molecular complexity index is 702. The van der Waals surface area contributed by atoms with Gasteiger partial charge in [0.05, 0.1) is 10.7 Å². The van der Waals surface area contributed by atoms with Crippen molar-refractivity contribution in [2.24, 2.45) is 5.10 Å². The number of rotatable bonds is 5. The number of nitrogens with zero attached hydrogens (tertiary/aromatic N) is 1. The normalized spacial score (nSPS) is 11.1. The number of hydrogen-bond donors (Lipinski definition) is 1. The van der Waals surface area contributed by atoms with E-state index in [2.05, 4.69) is 10.5 Å². The maximum absolute atomic E-state index is 11.7. The number of ether oxygens (including phenoxy) is 1. The van der Waals surface area contributed by atoms with Crippen molar-refractivity contribution in [3.05, 3.63) is 64.1 Å². The number of para-hydroxylation sites is 1. The van der Waals surface area contributed by atoms with Gasteiger partial charge in [-0.25, -0.2) is 5.43 Å². The molecule has 1 N–H and O–H groups in total. The predicted octanol–water partition coefficient (Wildman–Crippen LogP) is 3.91. The Labute approximate surface area is 138 Å². The second-order valence-corrected chi connectivity index (χ2v) is 5.25. The SMILES string of the molecule is C/C(=N\NC(=O)COc1ccccc1Cl)c1ccccc1Cl. The Kier molecular flexibility index (Phi) is 5.81. The summed E-state index contributed by atoms with van der Waals surface area (Å²) in [5.41, 5.74) is 3.79. The van der Waals surface area contributed by atoms with Crippen LogP contribution in [0, 0.1) is 0 Å². The van der Waals surface area contributed by atoms with Crippen LogP contribution < -0.4 is 10.2 Å². The molecule has 0 aliphatic rings. The summed E-state index contributed by atoms with van der Waals surface area (Å²) in [5.74, 6) is 0.0671. The summed E-state index contributed by atoms with van der Waals surface area (Å²) >= 11 is 12.0. The van der Waals surface area contributed by atoms with Crippen molar-refractivity contribution in [1.82, 2.24) is 5.43 Å². The van der Waals surface area contributed by atoms with E-state index in [1.165, 1.54) is 0 Å². The minimum absolute atomic E-state index is 0.178. The Hall–Kier alpha value is -2.04. The number of carbonyl (C=O) groups excluding carboxylic acids is 1. The third-order valence-electron chi connectivity index (χ3n) is 2.81. The fourth-order valence-electron chi connectivity index (χ4n) is 1.70. The number of nitrogens with one attached hydrogen (secondary N) is 1. The molecule has 0 fully saturated rings. The molecule has 0 aliphatic carbocycles. The number of benzene rings is 2. The highest BCUT2D eigenvalue weighted by Crippen LogP contribution is 2.22.